The summed E-state index contributed by atoms with van der Waals surface area (Å²) in [7, 11) is -0.215. The van der Waals surface area contributed by atoms with Gasteiger partial charge in [-0.15, -0.1) is 12.4 Å². The van der Waals surface area contributed by atoms with Gasteiger partial charge in [0.05, 0.1) is 12.9 Å². The fraction of sp³-hybridized carbons (Fsp3) is 0.476. The van der Waals surface area contributed by atoms with Crippen LogP contribution in [0.1, 0.15) is 25.3 Å². The van der Waals surface area contributed by atoms with Gasteiger partial charge in [-0.25, -0.2) is 8.42 Å². The average molecular weight is 471 g/mol. The average Bonchev–Trinajstić information content (AvgIpc) is 2.70. The molecule has 1 fully saturated rings. The molecule has 2 heterocycles. The van der Waals surface area contributed by atoms with E-state index in [1.807, 2.05) is 6.07 Å². The number of piperidine rings is 1. The molecule has 0 bridgehead atoms. The number of halogens is 1. The Kier molecular flexibility index (Phi) is 8.53. The molecule has 0 amide bonds. The van der Waals surface area contributed by atoms with Crippen LogP contribution in [0.3, 0.4) is 0 Å². The Morgan fingerprint density at radius 3 is 2.65 bits per heavy atom. The maximum Gasteiger partial charge on any atom is 0.254 e. The molecule has 0 spiro atoms. The quantitative estimate of drug-likeness (QED) is 0.642. The molecule has 3 rings (SSSR count). The number of benzene rings is 1. The van der Waals surface area contributed by atoms with Gasteiger partial charge < -0.3 is 15.0 Å². The monoisotopic (exact) mass is 470 g/mol. The van der Waals surface area contributed by atoms with Crippen LogP contribution in [0.2, 0.25) is 0 Å². The third-order valence-corrected chi connectivity index (χ3v) is 6.71. The Balaban J connectivity index is 0.00000341. The summed E-state index contributed by atoms with van der Waals surface area (Å²) in [5.41, 5.74) is 9.00. The number of nitrogens with zero attached hydrogens (tertiary/aromatic N) is 2. The molecule has 3 N–H and O–H groups in total. The first-order valence-electron chi connectivity index (χ1n) is 10.1. The molecule has 172 valence electrons. The molecule has 1 aromatic heterocycles. The largest absolute Gasteiger partial charge is 0.496 e. The number of nitrogens with two attached hydrogens (primary N) is 1. The van der Waals surface area contributed by atoms with Gasteiger partial charge in [-0.3, -0.25) is 14.4 Å². The molecule has 1 atom stereocenters. The van der Waals surface area contributed by atoms with Gasteiger partial charge in [0.15, 0.2) is 0 Å². The molecule has 10 heteroatoms. The van der Waals surface area contributed by atoms with Crippen molar-refractivity contribution in [2.24, 2.45) is 12.8 Å². The highest BCUT2D eigenvalue weighted by atomic mass is 35.5. The number of likely N-dealkylation sites (tertiary alicyclic amines) is 1. The number of sulfonamides is 1. The van der Waals surface area contributed by atoms with Gasteiger partial charge >= 0.3 is 0 Å². The lowest BCUT2D eigenvalue weighted by atomic mass is 9.97. The molecule has 8 nitrogen and oxygen atoms in total. The van der Waals surface area contributed by atoms with Crippen LogP contribution in [-0.4, -0.2) is 49.9 Å². The summed E-state index contributed by atoms with van der Waals surface area (Å²) in [5.74, 6) is 0.434. The Labute approximate surface area is 189 Å². The zero-order valence-corrected chi connectivity index (χ0v) is 19.8. The summed E-state index contributed by atoms with van der Waals surface area (Å²) in [6.45, 7) is 4.04. The molecular formula is C21H31ClN4O4S. The number of hydrogen-bond acceptors (Lipinski definition) is 6. The number of aromatic nitrogens is 1. The van der Waals surface area contributed by atoms with E-state index in [4.69, 9.17) is 10.5 Å². The summed E-state index contributed by atoms with van der Waals surface area (Å²) in [5, 5.41) is 0. The summed E-state index contributed by atoms with van der Waals surface area (Å²) in [4.78, 5) is 14.4. The highest BCUT2D eigenvalue weighted by molar-refractivity contribution is 7.92. The van der Waals surface area contributed by atoms with Gasteiger partial charge in [0.2, 0.25) is 10.0 Å². The lowest BCUT2D eigenvalue weighted by molar-refractivity contribution is 0.202. The molecule has 1 saturated heterocycles. The first-order chi connectivity index (χ1) is 14.2. The van der Waals surface area contributed by atoms with E-state index < -0.39 is 10.0 Å². The molecule has 0 radical (unpaired) electrons. The fourth-order valence-corrected chi connectivity index (χ4v) is 4.37. The lowest BCUT2D eigenvalue weighted by Crippen LogP contribution is -2.42. The molecule has 1 aliphatic heterocycles. The van der Waals surface area contributed by atoms with Crippen molar-refractivity contribution in [2.75, 3.05) is 30.7 Å². The van der Waals surface area contributed by atoms with Gasteiger partial charge in [-0.05, 0) is 49.6 Å². The highest BCUT2D eigenvalue weighted by Gasteiger charge is 2.20. The number of anilines is 1. The minimum atomic E-state index is -3.41. The smallest absolute Gasteiger partial charge is 0.254 e. The van der Waals surface area contributed by atoms with E-state index in [2.05, 4.69) is 9.62 Å². The Hall–Kier alpha value is -2.07. The number of pyridine rings is 1. The minimum absolute atomic E-state index is 0. The fourth-order valence-electron chi connectivity index (χ4n) is 3.74. The molecule has 0 aliphatic carbocycles. The highest BCUT2D eigenvalue weighted by Crippen LogP contribution is 2.34. The van der Waals surface area contributed by atoms with E-state index in [1.54, 1.807) is 32.3 Å². The van der Waals surface area contributed by atoms with Crippen LogP contribution < -0.4 is 20.8 Å². The number of rotatable bonds is 7. The Morgan fingerprint density at radius 1 is 1.26 bits per heavy atom. The van der Waals surface area contributed by atoms with Crippen LogP contribution in [0.25, 0.3) is 11.1 Å². The minimum Gasteiger partial charge on any atom is -0.496 e. The van der Waals surface area contributed by atoms with Crippen molar-refractivity contribution >= 4 is 28.1 Å². The number of nitrogens with one attached hydrogen (secondary N) is 1. The summed E-state index contributed by atoms with van der Waals surface area (Å²) < 4.78 is 33.7. The number of aryl methyl sites for hydroxylation is 1. The van der Waals surface area contributed by atoms with Crippen molar-refractivity contribution in [2.45, 2.75) is 32.4 Å². The van der Waals surface area contributed by atoms with E-state index in [0.717, 1.165) is 42.6 Å². The van der Waals surface area contributed by atoms with Crippen molar-refractivity contribution in [1.82, 2.24) is 9.47 Å². The van der Waals surface area contributed by atoms with Crippen molar-refractivity contribution in [3.05, 3.63) is 46.4 Å². The van der Waals surface area contributed by atoms with Gasteiger partial charge in [0.1, 0.15) is 5.75 Å². The van der Waals surface area contributed by atoms with Crippen molar-refractivity contribution < 1.29 is 13.2 Å². The molecule has 31 heavy (non-hydrogen) atoms. The molecule has 1 aromatic carbocycles. The predicted octanol–water partition coefficient (Wildman–Crippen LogP) is 2.17. The third kappa shape index (κ3) is 6.22. The summed E-state index contributed by atoms with van der Waals surface area (Å²) >= 11 is 0. The number of methoxy groups -OCH3 is 1. The van der Waals surface area contributed by atoms with Gasteiger partial charge in [-0.2, -0.15) is 0 Å². The van der Waals surface area contributed by atoms with E-state index >= 15 is 0 Å². The second kappa shape index (κ2) is 10.5. The zero-order valence-electron chi connectivity index (χ0n) is 18.1. The number of hydrogen-bond donors (Lipinski definition) is 2. The summed E-state index contributed by atoms with van der Waals surface area (Å²) in [6.07, 6.45) is 3.80. The molecule has 1 aliphatic rings. The van der Waals surface area contributed by atoms with Crippen molar-refractivity contribution in [3.63, 3.8) is 0 Å². The second-order valence-electron chi connectivity index (χ2n) is 7.72. The maximum absolute atomic E-state index is 12.1. The topological polar surface area (TPSA) is 107 Å². The van der Waals surface area contributed by atoms with Crippen LogP contribution in [0, 0.1) is 0 Å². The second-order valence-corrected chi connectivity index (χ2v) is 9.73. The maximum atomic E-state index is 12.1. The summed E-state index contributed by atoms with van der Waals surface area (Å²) in [6, 6.07) is 7.09. The van der Waals surface area contributed by atoms with Crippen LogP contribution in [0.15, 0.2) is 35.3 Å². The van der Waals surface area contributed by atoms with Crippen LogP contribution in [-0.2, 0) is 23.6 Å². The van der Waals surface area contributed by atoms with E-state index in [-0.39, 0.29) is 29.8 Å². The zero-order chi connectivity index (χ0) is 21.9. The third-order valence-electron chi connectivity index (χ3n) is 5.40. The van der Waals surface area contributed by atoms with E-state index in [9.17, 15) is 13.2 Å². The van der Waals surface area contributed by atoms with Gasteiger partial charge in [0, 0.05) is 49.7 Å². The normalized spacial score (nSPS) is 17.1. The number of ether oxygens (including phenoxy) is 1. The van der Waals surface area contributed by atoms with Gasteiger partial charge in [-0.1, -0.05) is 6.07 Å². The van der Waals surface area contributed by atoms with Crippen molar-refractivity contribution in [3.8, 4) is 16.9 Å². The molecular weight excluding hydrogens is 440 g/mol. The first-order valence-corrected chi connectivity index (χ1v) is 11.7. The van der Waals surface area contributed by atoms with Crippen LogP contribution in [0.5, 0.6) is 5.75 Å². The Bertz CT molecular complexity index is 1070. The predicted molar refractivity (Wildman–Crippen MR) is 126 cm³/mol. The van der Waals surface area contributed by atoms with Crippen molar-refractivity contribution in [1.29, 1.82) is 0 Å². The molecule has 1 unspecified atom stereocenters. The molecule has 2 aromatic rings. The Morgan fingerprint density at radius 2 is 2.00 bits per heavy atom. The van der Waals surface area contributed by atoms with Crippen LogP contribution in [0.4, 0.5) is 5.69 Å². The SMILES string of the molecule is CCS(=O)(=O)Nc1ccc(CN2CCCC(N)C2)c(-c2cn(C)c(=O)cc2OC)c1.Cl. The first kappa shape index (κ1) is 25.2. The van der Waals surface area contributed by atoms with Gasteiger partial charge in [0.25, 0.3) is 5.56 Å². The molecule has 0 saturated carbocycles. The van der Waals surface area contributed by atoms with E-state index in [1.165, 1.54) is 17.7 Å². The standard InChI is InChI=1S/C21H30N4O4S.ClH/c1-4-30(27,28)23-17-8-7-15(12-25-9-5-6-16(22)13-25)18(10-17)19-14-24(2)21(26)11-20(19)29-3;/h7-8,10-11,14,16,23H,4-6,9,12-13,22H2,1-3H3;1H. The van der Waals surface area contributed by atoms with E-state index in [0.29, 0.717) is 18.0 Å². The van der Waals surface area contributed by atoms with Crippen LogP contribution >= 0.6 is 12.4 Å². The lowest BCUT2D eigenvalue weighted by Gasteiger charge is -2.31.